The second kappa shape index (κ2) is 6.19. The molecule has 1 N–H and O–H groups in total. The molecule has 6 nitrogen and oxygen atoms in total. The molecular formula is C12H13ClN4O2. The van der Waals surface area contributed by atoms with E-state index in [9.17, 15) is 0 Å². The van der Waals surface area contributed by atoms with Gasteiger partial charge in [-0.05, 0) is 17.7 Å². The largest absolute Gasteiger partial charge is 0.467 e. The van der Waals surface area contributed by atoms with Gasteiger partial charge < -0.3 is 14.8 Å². The first-order valence-corrected chi connectivity index (χ1v) is 5.94. The summed E-state index contributed by atoms with van der Waals surface area (Å²) in [5, 5.41) is 3.49. The maximum absolute atomic E-state index is 5.81. The molecule has 0 spiro atoms. The Bertz CT molecular complexity index is 526. The predicted molar refractivity (Wildman–Crippen MR) is 71.7 cm³/mol. The monoisotopic (exact) mass is 280 g/mol. The van der Waals surface area contributed by atoms with Crippen LogP contribution in [0.3, 0.4) is 0 Å². The lowest BCUT2D eigenvalue weighted by Gasteiger charge is -2.07. The molecule has 1 heterocycles. The standard InChI is InChI=1S/C12H13ClN4O2/c1-14-10-15-11(18-2)17-12(16-10)19-7-8-3-5-9(13)6-4-8/h3-6H,7H2,1-2H3,(H,14,15,16,17). The Morgan fingerprint density at radius 2 is 1.79 bits per heavy atom. The van der Waals surface area contributed by atoms with Gasteiger partial charge in [0.25, 0.3) is 0 Å². The molecule has 0 unspecified atom stereocenters. The van der Waals surface area contributed by atoms with E-state index in [1.807, 2.05) is 12.1 Å². The molecule has 7 heteroatoms. The third kappa shape index (κ3) is 3.69. The number of rotatable bonds is 5. The molecule has 0 bridgehead atoms. The molecule has 0 atom stereocenters. The summed E-state index contributed by atoms with van der Waals surface area (Å²) in [5.41, 5.74) is 0.967. The van der Waals surface area contributed by atoms with Crippen LogP contribution in [0, 0.1) is 0 Å². The number of methoxy groups -OCH3 is 1. The fraction of sp³-hybridized carbons (Fsp3) is 0.250. The Morgan fingerprint density at radius 3 is 2.42 bits per heavy atom. The van der Waals surface area contributed by atoms with E-state index in [1.165, 1.54) is 7.11 Å². The van der Waals surface area contributed by atoms with Gasteiger partial charge in [0.05, 0.1) is 7.11 Å². The van der Waals surface area contributed by atoms with Crippen LogP contribution >= 0.6 is 11.6 Å². The van der Waals surface area contributed by atoms with Crippen molar-refractivity contribution in [1.82, 2.24) is 15.0 Å². The molecule has 1 aromatic carbocycles. The number of hydrogen-bond donors (Lipinski definition) is 1. The summed E-state index contributed by atoms with van der Waals surface area (Å²) in [6, 6.07) is 7.75. The predicted octanol–water partition coefficient (Wildman–Crippen LogP) is 2.15. The Hall–Kier alpha value is -2.08. The number of anilines is 1. The van der Waals surface area contributed by atoms with Gasteiger partial charge >= 0.3 is 12.0 Å². The highest BCUT2D eigenvalue weighted by Gasteiger charge is 2.07. The van der Waals surface area contributed by atoms with Gasteiger partial charge in [0.15, 0.2) is 0 Å². The molecule has 100 valence electrons. The minimum Gasteiger partial charge on any atom is -0.467 e. The number of nitrogens with zero attached hydrogens (tertiary/aromatic N) is 3. The maximum atomic E-state index is 5.81. The number of nitrogens with one attached hydrogen (secondary N) is 1. The van der Waals surface area contributed by atoms with E-state index in [0.717, 1.165) is 5.56 Å². The normalized spacial score (nSPS) is 10.1. The summed E-state index contributed by atoms with van der Waals surface area (Å²) < 4.78 is 10.5. The van der Waals surface area contributed by atoms with Gasteiger partial charge in [-0.1, -0.05) is 23.7 Å². The summed E-state index contributed by atoms with van der Waals surface area (Å²) in [7, 11) is 3.19. The van der Waals surface area contributed by atoms with E-state index in [1.54, 1.807) is 19.2 Å². The van der Waals surface area contributed by atoms with Crippen LogP contribution in [0.25, 0.3) is 0 Å². The van der Waals surface area contributed by atoms with Crippen LogP contribution in [0.15, 0.2) is 24.3 Å². The number of halogens is 1. The summed E-state index contributed by atoms with van der Waals surface area (Å²) in [4.78, 5) is 12.1. The zero-order chi connectivity index (χ0) is 13.7. The molecular weight excluding hydrogens is 268 g/mol. The van der Waals surface area contributed by atoms with Gasteiger partial charge in [-0.3, -0.25) is 0 Å². The average Bonchev–Trinajstić information content (AvgIpc) is 2.46. The van der Waals surface area contributed by atoms with Gasteiger partial charge in [-0.15, -0.1) is 4.98 Å². The maximum Gasteiger partial charge on any atom is 0.324 e. The minimum atomic E-state index is 0.199. The van der Waals surface area contributed by atoms with Crippen molar-refractivity contribution in [2.45, 2.75) is 6.61 Å². The molecule has 0 aliphatic carbocycles. The van der Waals surface area contributed by atoms with Crippen molar-refractivity contribution < 1.29 is 9.47 Å². The number of aromatic nitrogens is 3. The lowest BCUT2D eigenvalue weighted by molar-refractivity contribution is 0.271. The van der Waals surface area contributed by atoms with Crippen LogP contribution < -0.4 is 14.8 Å². The molecule has 2 aromatic rings. The molecule has 2 rings (SSSR count). The van der Waals surface area contributed by atoms with Crippen LogP contribution in [0.1, 0.15) is 5.56 Å². The molecule has 0 fully saturated rings. The van der Waals surface area contributed by atoms with Crippen LogP contribution in [-0.2, 0) is 6.61 Å². The highest BCUT2D eigenvalue weighted by molar-refractivity contribution is 6.30. The topological polar surface area (TPSA) is 69.2 Å². The van der Waals surface area contributed by atoms with Gasteiger partial charge in [-0.2, -0.15) is 9.97 Å². The zero-order valence-electron chi connectivity index (χ0n) is 10.6. The number of benzene rings is 1. The van der Waals surface area contributed by atoms with Crippen molar-refractivity contribution >= 4 is 17.5 Å². The van der Waals surface area contributed by atoms with E-state index in [0.29, 0.717) is 17.6 Å². The van der Waals surface area contributed by atoms with Crippen molar-refractivity contribution in [3.63, 3.8) is 0 Å². The molecule has 1 aromatic heterocycles. The Morgan fingerprint density at radius 1 is 1.11 bits per heavy atom. The van der Waals surface area contributed by atoms with E-state index in [4.69, 9.17) is 21.1 Å². The van der Waals surface area contributed by atoms with Crippen molar-refractivity contribution in [2.75, 3.05) is 19.5 Å². The molecule has 0 aliphatic rings. The fourth-order valence-electron chi connectivity index (χ4n) is 1.33. The second-order valence-corrected chi connectivity index (χ2v) is 4.03. The third-order valence-electron chi connectivity index (χ3n) is 2.28. The summed E-state index contributed by atoms with van der Waals surface area (Å²) in [6.45, 7) is 0.341. The van der Waals surface area contributed by atoms with Crippen LogP contribution in [0.2, 0.25) is 5.02 Å². The van der Waals surface area contributed by atoms with E-state index in [-0.39, 0.29) is 12.0 Å². The number of ether oxygens (including phenoxy) is 2. The summed E-state index contributed by atoms with van der Waals surface area (Å²) in [5.74, 6) is 0.387. The first-order chi connectivity index (χ1) is 9.21. The zero-order valence-corrected chi connectivity index (χ0v) is 11.3. The summed E-state index contributed by atoms with van der Waals surface area (Å²) >= 11 is 5.81. The fourth-order valence-corrected chi connectivity index (χ4v) is 1.46. The third-order valence-corrected chi connectivity index (χ3v) is 2.53. The van der Waals surface area contributed by atoms with Crippen molar-refractivity contribution in [2.24, 2.45) is 0 Å². The van der Waals surface area contributed by atoms with Crippen LogP contribution in [-0.4, -0.2) is 29.1 Å². The molecule has 19 heavy (non-hydrogen) atoms. The SMILES string of the molecule is CNc1nc(OC)nc(OCc2ccc(Cl)cc2)n1. The van der Waals surface area contributed by atoms with E-state index < -0.39 is 0 Å². The van der Waals surface area contributed by atoms with Gasteiger partial charge in [-0.25, -0.2) is 0 Å². The first kappa shape index (κ1) is 13.4. The first-order valence-electron chi connectivity index (χ1n) is 5.56. The quantitative estimate of drug-likeness (QED) is 0.905. The lowest BCUT2D eigenvalue weighted by atomic mass is 10.2. The van der Waals surface area contributed by atoms with E-state index >= 15 is 0 Å². The highest BCUT2D eigenvalue weighted by Crippen LogP contribution is 2.15. The number of hydrogen-bond acceptors (Lipinski definition) is 6. The highest BCUT2D eigenvalue weighted by atomic mass is 35.5. The van der Waals surface area contributed by atoms with Gasteiger partial charge in [0.1, 0.15) is 6.61 Å². The minimum absolute atomic E-state index is 0.199. The van der Waals surface area contributed by atoms with Gasteiger partial charge in [0.2, 0.25) is 5.95 Å². The molecule has 0 amide bonds. The molecule has 0 saturated carbocycles. The summed E-state index contributed by atoms with van der Waals surface area (Å²) in [6.07, 6.45) is 0. The average molecular weight is 281 g/mol. The lowest BCUT2D eigenvalue weighted by Crippen LogP contribution is -2.05. The second-order valence-electron chi connectivity index (χ2n) is 3.59. The van der Waals surface area contributed by atoms with E-state index in [2.05, 4.69) is 20.3 Å². The smallest absolute Gasteiger partial charge is 0.324 e. The van der Waals surface area contributed by atoms with Crippen molar-refractivity contribution in [3.05, 3.63) is 34.9 Å². The molecule has 0 aliphatic heterocycles. The van der Waals surface area contributed by atoms with Crippen LogP contribution in [0.4, 0.5) is 5.95 Å². The van der Waals surface area contributed by atoms with Crippen LogP contribution in [0.5, 0.6) is 12.0 Å². The molecule has 0 radical (unpaired) electrons. The Balaban J connectivity index is 2.08. The van der Waals surface area contributed by atoms with Crippen molar-refractivity contribution in [1.29, 1.82) is 0 Å². The van der Waals surface area contributed by atoms with Crippen molar-refractivity contribution in [3.8, 4) is 12.0 Å². The Labute approximate surface area is 115 Å². The van der Waals surface area contributed by atoms with Gasteiger partial charge in [0, 0.05) is 12.1 Å². The Kier molecular flexibility index (Phi) is 4.35. The molecule has 0 saturated heterocycles.